The van der Waals surface area contributed by atoms with Crippen molar-refractivity contribution in [1.29, 1.82) is 0 Å². The Morgan fingerprint density at radius 1 is 1.10 bits per heavy atom. The van der Waals surface area contributed by atoms with Gasteiger partial charge in [-0.2, -0.15) is 0 Å². The van der Waals surface area contributed by atoms with Crippen molar-refractivity contribution in [3.8, 4) is 22.6 Å². The molecule has 0 heterocycles. The maximum atomic E-state index is 12.0. The summed E-state index contributed by atoms with van der Waals surface area (Å²) in [6.07, 6.45) is -4.76. The van der Waals surface area contributed by atoms with Crippen LogP contribution in [0.15, 0.2) is 42.5 Å². The molecule has 0 fully saturated rings. The second-order valence-corrected chi connectivity index (χ2v) is 4.17. The quantitative estimate of drug-likeness (QED) is 0.914. The first-order chi connectivity index (χ1) is 9.76. The number of ether oxygens (including phenoxy) is 1. The lowest BCUT2D eigenvalue weighted by Crippen LogP contribution is -2.16. The number of carbonyl (C=O) groups excluding carboxylic acids is 1. The van der Waals surface area contributed by atoms with Gasteiger partial charge in [0, 0.05) is 11.1 Å². The molecule has 1 amide bonds. The Kier molecular flexibility index (Phi) is 3.75. The number of nitrogens with two attached hydrogens (primary N) is 1. The molecule has 3 N–H and O–H groups in total. The second-order valence-electron chi connectivity index (χ2n) is 4.17. The minimum absolute atomic E-state index is 0.133. The fourth-order valence-electron chi connectivity index (χ4n) is 1.77. The lowest BCUT2D eigenvalue weighted by atomic mass is 10.0. The lowest BCUT2D eigenvalue weighted by Gasteiger charge is -2.10. The molecular formula is C14H10F3NO3. The van der Waals surface area contributed by atoms with Crippen LogP contribution in [0.5, 0.6) is 11.5 Å². The SMILES string of the molecule is NC(=O)c1ccc(-c2ccc(OC(F)(F)F)cc2)c(O)c1. The highest BCUT2D eigenvalue weighted by Gasteiger charge is 2.30. The number of alkyl halides is 3. The molecule has 21 heavy (non-hydrogen) atoms. The number of primary amides is 1. The minimum atomic E-state index is -4.76. The zero-order valence-electron chi connectivity index (χ0n) is 10.5. The fourth-order valence-corrected chi connectivity index (χ4v) is 1.77. The molecule has 0 aliphatic rings. The van der Waals surface area contributed by atoms with Crippen molar-refractivity contribution in [2.75, 3.05) is 0 Å². The molecule has 0 radical (unpaired) electrons. The van der Waals surface area contributed by atoms with Crippen LogP contribution in [0.2, 0.25) is 0 Å². The Hall–Kier alpha value is -2.70. The summed E-state index contributed by atoms with van der Waals surface area (Å²) in [6, 6.07) is 9.04. The summed E-state index contributed by atoms with van der Waals surface area (Å²) >= 11 is 0. The molecule has 0 saturated carbocycles. The first kappa shape index (κ1) is 14.7. The van der Waals surface area contributed by atoms with Crippen LogP contribution < -0.4 is 10.5 Å². The van der Waals surface area contributed by atoms with Crippen molar-refractivity contribution in [3.05, 3.63) is 48.0 Å². The zero-order valence-corrected chi connectivity index (χ0v) is 10.5. The number of rotatable bonds is 3. The van der Waals surface area contributed by atoms with Gasteiger partial charge in [-0.05, 0) is 35.9 Å². The molecule has 0 aliphatic heterocycles. The maximum absolute atomic E-state index is 12.0. The lowest BCUT2D eigenvalue weighted by molar-refractivity contribution is -0.274. The number of benzene rings is 2. The van der Waals surface area contributed by atoms with E-state index in [0.717, 1.165) is 12.1 Å². The molecule has 110 valence electrons. The molecule has 2 rings (SSSR count). The van der Waals surface area contributed by atoms with Crippen LogP contribution in [0.25, 0.3) is 11.1 Å². The molecule has 0 atom stereocenters. The maximum Gasteiger partial charge on any atom is 0.573 e. The second kappa shape index (κ2) is 5.35. The molecular weight excluding hydrogens is 287 g/mol. The Morgan fingerprint density at radius 2 is 1.71 bits per heavy atom. The molecule has 0 spiro atoms. The van der Waals surface area contributed by atoms with Crippen LogP contribution >= 0.6 is 0 Å². The van der Waals surface area contributed by atoms with Gasteiger partial charge in [0.05, 0.1) is 0 Å². The molecule has 0 unspecified atom stereocenters. The Balaban J connectivity index is 2.29. The van der Waals surface area contributed by atoms with E-state index in [4.69, 9.17) is 5.73 Å². The Morgan fingerprint density at radius 3 is 2.19 bits per heavy atom. The standard InChI is InChI=1S/C14H10F3NO3/c15-14(16,17)21-10-4-1-8(2-5-10)11-6-3-9(13(18)20)7-12(11)19/h1-7,19H,(H2,18,20). The summed E-state index contributed by atoms with van der Waals surface area (Å²) in [5.74, 6) is -1.25. The molecule has 2 aromatic rings. The van der Waals surface area contributed by atoms with Crippen molar-refractivity contribution >= 4 is 5.91 Å². The van der Waals surface area contributed by atoms with Crippen LogP contribution in [0.1, 0.15) is 10.4 Å². The average Bonchev–Trinajstić information content (AvgIpc) is 2.38. The van der Waals surface area contributed by atoms with E-state index in [2.05, 4.69) is 4.74 Å². The first-order valence-electron chi connectivity index (χ1n) is 5.75. The topological polar surface area (TPSA) is 72.6 Å². The third-order valence-corrected chi connectivity index (χ3v) is 2.68. The van der Waals surface area contributed by atoms with E-state index in [1.807, 2.05) is 0 Å². The molecule has 4 nitrogen and oxygen atoms in total. The normalized spacial score (nSPS) is 11.2. The predicted octanol–water partition coefficient (Wildman–Crippen LogP) is 3.06. The van der Waals surface area contributed by atoms with Gasteiger partial charge in [-0.25, -0.2) is 0 Å². The van der Waals surface area contributed by atoms with E-state index < -0.39 is 12.3 Å². The molecule has 0 bridgehead atoms. The van der Waals surface area contributed by atoms with Crippen molar-refractivity contribution in [3.63, 3.8) is 0 Å². The van der Waals surface area contributed by atoms with Crippen LogP contribution in [0, 0.1) is 0 Å². The first-order valence-corrected chi connectivity index (χ1v) is 5.75. The summed E-state index contributed by atoms with van der Waals surface area (Å²) in [7, 11) is 0. The van der Waals surface area contributed by atoms with E-state index in [0.29, 0.717) is 11.1 Å². The average molecular weight is 297 g/mol. The molecule has 0 saturated heterocycles. The largest absolute Gasteiger partial charge is 0.573 e. The number of phenolic OH excluding ortho intramolecular Hbond substituents is 1. The number of halogens is 3. The van der Waals surface area contributed by atoms with E-state index in [9.17, 15) is 23.1 Å². The van der Waals surface area contributed by atoms with Gasteiger partial charge in [-0.1, -0.05) is 12.1 Å². The number of carbonyl (C=O) groups is 1. The highest BCUT2D eigenvalue weighted by molar-refractivity contribution is 5.94. The highest BCUT2D eigenvalue weighted by atomic mass is 19.4. The smallest absolute Gasteiger partial charge is 0.507 e. The minimum Gasteiger partial charge on any atom is -0.507 e. The molecule has 7 heteroatoms. The number of aromatic hydroxyl groups is 1. The number of hydrogen-bond donors (Lipinski definition) is 2. The van der Waals surface area contributed by atoms with Crippen molar-refractivity contribution in [1.82, 2.24) is 0 Å². The Labute approximate surface area is 117 Å². The zero-order chi connectivity index (χ0) is 15.6. The monoisotopic (exact) mass is 297 g/mol. The van der Waals surface area contributed by atoms with Crippen molar-refractivity contribution in [2.45, 2.75) is 6.36 Å². The Bertz CT molecular complexity index is 666. The van der Waals surface area contributed by atoms with Gasteiger partial charge in [0.2, 0.25) is 5.91 Å². The van der Waals surface area contributed by atoms with Gasteiger partial charge in [0.1, 0.15) is 11.5 Å². The van der Waals surface area contributed by atoms with Gasteiger partial charge in [-0.3, -0.25) is 4.79 Å². The summed E-state index contributed by atoms with van der Waals surface area (Å²) in [4.78, 5) is 11.0. The summed E-state index contributed by atoms with van der Waals surface area (Å²) in [5, 5.41) is 9.83. The molecule has 0 aliphatic carbocycles. The predicted molar refractivity (Wildman–Crippen MR) is 68.7 cm³/mol. The van der Waals surface area contributed by atoms with Gasteiger partial charge < -0.3 is 15.6 Å². The third kappa shape index (κ3) is 3.65. The number of amides is 1. The van der Waals surface area contributed by atoms with E-state index in [1.54, 1.807) is 0 Å². The summed E-state index contributed by atoms with van der Waals surface area (Å²) in [5.41, 5.74) is 6.04. The fraction of sp³-hybridized carbons (Fsp3) is 0.0714. The third-order valence-electron chi connectivity index (χ3n) is 2.68. The highest BCUT2D eigenvalue weighted by Crippen LogP contribution is 2.32. The van der Waals surface area contributed by atoms with E-state index in [-0.39, 0.29) is 17.1 Å². The van der Waals surface area contributed by atoms with Gasteiger partial charge in [0.25, 0.3) is 0 Å². The van der Waals surface area contributed by atoms with Gasteiger partial charge >= 0.3 is 6.36 Å². The summed E-state index contributed by atoms with van der Waals surface area (Å²) < 4.78 is 39.9. The van der Waals surface area contributed by atoms with Crippen LogP contribution in [-0.2, 0) is 0 Å². The van der Waals surface area contributed by atoms with Crippen molar-refractivity contribution < 1.29 is 27.8 Å². The van der Waals surface area contributed by atoms with E-state index in [1.165, 1.54) is 30.3 Å². The van der Waals surface area contributed by atoms with Gasteiger partial charge in [0.15, 0.2) is 0 Å². The van der Waals surface area contributed by atoms with Crippen LogP contribution in [0.4, 0.5) is 13.2 Å². The van der Waals surface area contributed by atoms with Crippen LogP contribution in [0.3, 0.4) is 0 Å². The molecule has 2 aromatic carbocycles. The molecule has 0 aromatic heterocycles. The summed E-state index contributed by atoms with van der Waals surface area (Å²) in [6.45, 7) is 0. The van der Waals surface area contributed by atoms with Crippen LogP contribution in [-0.4, -0.2) is 17.4 Å². The van der Waals surface area contributed by atoms with Crippen molar-refractivity contribution in [2.24, 2.45) is 5.73 Å². The van der Waals surface area contributed by atoms with E-state index >= 15 is 0 Å². The number of hydrogen-bond acceptors (Lipinski definition) is 3. The van der Waals surface area contributed by atoms with Gasteiger partial charge in [-0.15, -0.1) is 13.2 Å². The number of phenols is 1.